The Morgan fingerprint density at radius 2 is 2.05 bits per heavy atom. The fraction of sp³-hybridized carbons (Fsp3) is 0.286. The van der Waals surface area contributed by atoms with E-state index in [9.17, 15) is 0 Å². The van der Waals surface area contributed by atoms with E-state index in [0.717, 1.165) is 20.3 Å². The first-order valence-corrected chi connectivity index (χ1v) is 8.12. The number of aromatic amines is 1. The summed E-state index contributed by atoms with van der Waals surface area (Å²) in [5, 5.41) is 0. The Balaban J connectivity index is 2.14. The third-order valence-electron chi connectivity index (χ3n) is 3.32. The summed E-state index contributed by atoms with van der Waals surface area (Å²) in [6.45, 7) is 2.07. The Morgan fingerprint density at radius 1 is 1.32 bits per heavy atom. The fourth-order valence-electron chi connectivity index (χ4n) is 2.01. The predicted molar refractivity (Wildman–Crippen MR) is 87.0 cm³/mol. The van der Waals surface area contributed by atoms with E-state index in [-0.39, 0.29) is 0 Å². The van der Waals surface area contributed by atoms with Gasteiger partial charge in [-0.05, 0) is 47.3 Å². The lowest BCUT2D eigenvalue weighted by molar-refractivity contribution is 0.972. The third-order valence-corrected chi connectivity index (χ3v) is 5.54. The minimum Gasteiger partial charge on any atom is -0.342 e. The van der Waals surface area contributed by atoms with Crippen LogP contribution in [0.5, 0.6) is 0 Å². The maximum absolute atomic E-state index is 5.34. The molecule has 1 saturated carbocycles. The van der Waals surface area contributed by atoms with Crippen LogP contribution < -0.4 is 0 Å². The van der Waals surface area contributed by atoms with Gasteiger partial charge in [0.15, 0.2) is 0 Å². The maximum atomic E-state index is 5.34. The molecule has 1 aliphatic rings. The first-order chi connectivity index (χ1) is 9.06. The van der Waals surface area contributed by atoms with Crippen LogP contribution in [0, 0.1) is 11.6 Å². The summed E-state index contributed by atoms with van der Waals surface area (Å²) in [5.41, 5.74) is 3.45. The Kier molecular flexibility index (Phi) is 3.62. The second kappa shape index (κ2) is 5.11. The number of rotatable bonds is 2. The third kappa shape index (κ3) is 2.69. The number of hydrogen-bond acceptors (Lipinski definition) is 2. The Bertz CT molecular complexity index is 705. The number of aryl methyl sites for hydroxylation is 1. The minimum atomic E-state index is 0.603. The van der Waals surface area contributed by atoms with Gasteiger partial charge in [0.2, 0.25) is 0 Å². The van der Waals surface area contributed by atoms with Crippen LogP contribution in [0.25, 0.3) is 11.4 Å². The minimum absolute atomic E-state index is 0.603. The Labute approximate surface area is 133 Å². The molecule has 1 aromatic carbocycles. The molecule has 5 heteroatoms. The Morgan fingerprint density at radius 3 is 2.68 bits per heavy atom. The van der Waals surface area contributed by atoms with Gasteiger partial charge in [-0.15, -0.1) is 0 Å². The molecule has 0 spiro atoms. The van der Waals surface area contributed by atoms with Gasteiger partial charge in [0.25, 0.3) is 0 Å². The molecule has 0 radical (unpaired) electrons. The van der Waals surface area contributed by atoms with Crippen LogP contribution in [0.3, 0.4) is 0 Å². The highest BCUT2D eigenvalue weighted by Crippen LogP contribution is 2.42. The summed E-state index contributed by atoms with van der Waals surface area (Å²) in [4.78, 5) is 7.91. The number of hydrogen-bond donors (Lipinski definition) is 1. The molecule has 19 heavy (non-hydrogen) atoms. The highest BCUT2D eigenvalue weighted by Gasteiger charge is 2.27. The molecule has 0 unspecified atom stereocenters. The van der Waals surface area contributed by atoms with E-state index in [2.05, 4.69) is 67.0 Å². The van der Waals surface area contributed by atoms with E-state index < -0.39 is 0 Å². The summed E-state index contributed by atoms with van der Waals surface area (Å²) in [6.07, 6.45) is 2.45. The smallest absolute Gasteiger partial charge is 0.144 e. The molecule has 0 atom stereocenters. The van der Waals surface area contributed by atoms with Gasteiger partial charge in [0.1, 0.15) is 10.5 Å². The highest BCUT2D eigenvalue weighted by atomic mass is 79.9. The van der Waals surface area contributed by atoms with Gasteiger partial charge in [-0.2, -0.15) is 0 Å². The fourth-order valence-corrected chi connectivity index (χ4v) is 3.10. The molecule has 1 aromatic heterocycles. The average molecular weight is 400 g/mol. The second-order valence-corrected chi connectivity index (χ2v) is 6.89. The van der Waals surface area contributed by atoms with E-state index in [4.69, 9.17) is 12.2 Å². The number of halogens is 2. The quantitative estimate of drug-likeness (QED) is 0.673. The normalized spacial score (nSPS) is 14.7. The molecule has 98 valence electrons. The van der Waals surface area contributed by atoms with Crippen LogP contribution in [0.15, 0.2) is 27.1 Å². The van der Waals surface area contributed by atoms with Crippen molar-refractivity contribution in [1.29, 1.82) is 0 Å². The van der Waals surface area contributed by atoms with Crippen LogP contribution in [-0.2, 0) is 0 Å². The molecular formula is C14H12Br2N2S. The Hall–Kier alpha value is -0.520. The molecule has 1 N–H and O–H groups in total. The van der Waals surface area contributed by atoms with E-state index in [0.29, 0.717) is 10.6 Å². The van der Waals surface area contributed by atoms with Gasteiger partial charge < -0.3 is 4.98 Å². The molecule has 0 aliphatic heterocycles. The molecule has 1 heterocycles. The second-order valence-electron chi connectivity index (χ2n) is 4.86. The van der Waals surface area contributed by atoms with Crippen LogP contribution in [0.1, 0.15) is 30.0 Å². The van der Waals surface area contributed by atoms with Crippen LogP contribution in [0.2, 0.25) is 0 Å². The number of nitrogens with zero attached hydrogens (tertiary/aromatic N) is 1. The van der Waals surface area contributed by atoms with Crippen molar-refractivity contribution in [1.82, 2.24) is 9.97 Å². The van der Waals surface area contributed by atoms with Crippen LogP contribution in [0.4, 0.5) is 0 Å². The number of nitrogens with one attached hydrogen (secondary N) is 1. The van der Waals surface area contributed by atoms with Crippen molar-refractivity contribution in [2.24, 2.45) is 0 Å². The van der Waals surface area contributed by atoms with Crippen molar-refractivity contribution >= 4 is 44.1 Å². The summed E-state index contributed by atoms with van der Waals surface area (Å²) >= 11 is 12.4. The van der Waals surface area contributed by atoms with Crippen molar-refractivity contribution in [2.75, 3.05) is 0 Å². The zero-order valence-corrected chi connectivity index (χ0v) is 14.3. The van der Waals surface area contributed by atoms with Crippen molar-refractivity contribution in [3.8, 4) is 11.4 Å². The summed E-state index contributed by atoms with van der Waals surface area (Å²) < 4.78 is 2.66. The molecule has 0 saturated heterocycles. The van der Waals surface area contributed by atoms with Crippen LogP contribution in [-0.4, -0.2) is 9.97 Å². The molecule has 2 nitrogen and oxygen atoms in total. The van der Waals surface area contributed by atoms with E-state index in [1.54, 1.807) is 0 Å². The average Bonchev–Trinajstić information content (AvgIpc) is 3.20. The predicted octanol–water partition coefficient (Wildman–Crippen LogP) is 5.52. The van der Waals surface area contributed by atoms with Crippen molar-refractivity contribution < 1.29 is 0 Å². The zero-order chi connectivity index (χ0) is 13.6. The topological polar surface area (TPSA) is 28.7 Å². The molecule has 3 rings (SSSR count). The zero-order valence-electron chi connectivity index (χ0n) is 10.3. The lowest BCUT2D eigenvalue weighted by Crippen LogP contribution is -1.97. The number of benzene rings is 1. The van der Waals surface area contributed by atoms with Gasteiger partial charge in [-0.3, -0.25) is 0 Å². The van der Waals surface area contributed by atoms with E-state index in [1.807, 2.05) is 0 Å². The van der Waals surface area contributed by atoms with Crippen LogP contribution >= 0.6 is 44.1 Å². The largest absolute Gasteiger partial charge is 0.342 e. The van der Waals surface area contributed by atoms with Crippen molar-refractivity contribution in [3.63, 3.8) is 0 Å². The molecule has 0 bridgehead atoms. The highest BCUT2D eigenvalue weighted by molar-refractivity contribution is 9.10. The molecule has 2 aromatic rings. The summed E-state index contributed by atoms with van der Waals surface area (Å²) in [7, 11) is 0. The van der Waals surface area contributed by atoms with Gasteiger partial charge in [-0.25, -0.2) is 4.98 Å². The van der Waals surface area contributed by atoms with Crippen molar-refractivity contribution in [2.45, 2.75) is 25.7 Å². The van der Waals surface area contributed by atoms with Gasteiger partial charge in [0.05, 0.1) is 4.47 Å². The summed E-state index contributed by atoms with van der Waals surface area (Å²) in [6, 6.07) is 6.22. The SMILES string of the molecule is Cc1ccc(-c2nc(=S)c(Br)c(C3CC3)[nH]2)cc1Br. The molecule has 1 aliphatic carbocycles. The molecular weight excluding hydrogens is 388 g/mol. The lowest BCUT2D eigenvalue weighted by Gasteiger charge is -2.09. The van der Waals surface area contributed by atoms with Gasteiger partial charge in [-0.1, -0.05) is 40.3 Å². The van der Waals surface area contributed by atoms with E-state index >= 15 is 0 Å². The van der Waals surface area contributed by atoms with E-state index in [1.165, 1.54) is 24.1 Å². The molecule has 0 amide bonds. The first-order valence-electron chi connectivity index (χ1n) is 6.12. The number of aromatic nitrogens is 2. The summed E-state index contributed by atoms with van der Waals surface area (Å²) in [5.74, 6) is 1.45. The molecule has 1 fully saturated rings. The monoisotopic (exact) mass is 398 g/mol. The van der Waals surface area contributed by atoms with Gasteiger partial charge >= 0.3 is 0 Å². The van der Waals surface area contributed by atoms with Crippen molar-refractivity contribution in [3.05, 3.63) is 43.0 Å². The lowest BCUT2D eigenvalue weighted by atomic mass is 10.1. The first kappa shape index (κ1) is 13.5. The standard InChI is InChI=1S/C14H12Br2N2S/c1-7-2-3-9(6-10(7)15)13-17-12(8-4-5-8)11(16)14(19)18-13/h2-3,6,8H,4-5H2,1H3,(H,17,18,19). The maximum Gasteiger partial charge on any atom is 0.144 e. The number of H-pyrrole nitrogens is 1. The van der Waals surface area contributed by atoms with Gasteiger partial charge in [0, 0.05) is 21.6 Å².